The Kier molecular flexibility index (Phi) is 4.78. The highest BCUT2D eigenvalue weighted by atomic mass is 16.2. The van der Waals surface area contributed by atoms with Gasteiger partial charge in [-0.15, -0.1) is 0 Å². The lowest BCUT2D eigenvalue weighted by Crippen LogP contribution is -2.53. The summed E-state index contributed by atoms with van der Waals surface area (Å²) >= 11 is 0. The summed E-state index contributed by atoms with van der Waals surface area (Å²) < 4.78 is 0. The molecule has 0 bridgehead atoms. The Balaban J connectivity index is 2.10. The predicted molar refractivity (Wildman–Crippen MR) is 83.2 cm³/mol. The van der Waals surface area contributed by atoms with Gasteiger partial charge in [0.2, 0.25) is 5.91 Å². The molecule has 1 saturated heterocycles. The van der Waals surface area contributed by atoms with Gasteiger partial charge in [-0.1, -0.05) is 17.7 Å². The van der Waals surface area contributed by atoms with Crippen LogP contribution in [-0.4, -0.2) is 50.1 Å². The van der Waals surface area contributed by atoms with E-state index in [9.17, 15) is 4.79 Å². The van der Waals surface area contributed by atoms with Gasteiger partial charge in [0.1, 0.15) is 0 Å². The number of carbonyl (C=O) groups is 1. The molecule has 20 heavy (non-hydrogen) atoms. The van der Waals surface area contributed by atoms with E-state index in [1.165, 1.54) is 5.56 Å². The first-order chi connectivity index (χ1) is 9.50. The van der Waals surface area contributed by atoms with Gasteiger partial charge in [0, 0.05) is 38.9 Å². The maximum absolute atomic E-state index is 12.6. The Morgan fingerprint density at radius 2 is 1.95 bits per heavy atom. The summed E-state index contributed by atoms with van der Waals surface area (Å²) in [5, 5.41) is 3.32. The minimum atomic E-state index is -0.0668. The van der Waals surface area contributed by atoms with Crippen LogP contribution in [0.1, 0.15) is 18.1 Å². The number of amides is 1. The summed E-state index contributed by atoms with van der Waals surface area (Å²) in [6, 6.07) is 6.14. The molecule has 0 spiro atoms. The smallest absolute Gasteiger partial charge is 0.243 e. The minimum Gasteiger partial charge on any atom is -0.314 e. The minimum absolute atomic E-state index is 0.0668. The van der Waals surface area contributed by atoms with Crippen molar-refractivity contribution >= 4 is 11.6 Å². The van der Waals surface area contributed by atoms with E-state index in [4.69, 9.17) is 0 Å². The summed E-state index contributed by atoms with van der Waals surface area (Å²) in [5.41, 5.74) is 3.37. The summed E-state index contributed by atoms with van der Waals surface area (Å²) in [6.45, 7) is 9.94. The van der Waals surface area contributed by atoms with Crippen LogP contribution in [0, 0.1) is 13.8 Å². The highest BCUT2D eigenvalue weighted by Gasteiger charge is 2.26. The molecular weight excluding hydrogens is 250 g/mol. The third kappa shape index (κ3) is 3.19. The molecule has 1 N–H and O–H groups in total. The second kappa shape index (κ2) is 6.37. The molecule has 0 aliphatic carbocycles. The van der Waals surface area contributed by atoms with Crippen molar-refractivity contribution in [1.82, 2.24) is 10.2 Å². The van der Waals surface area contributed by atoms with Crippen molar-refractivity contribution in [1.29, 1.82) is 0 Å². The van der Waals surface area contributed by atoms with E-state index in [2.05, 4.69) is 36.2 Å². The zero-order valence-electron chi connectivity index (χ0n) is 12.9. The average Bonchev–Trinajstić information content (AvgIpc) is 2.46. The van der Waals surface area contributed by atoms with Gasteiger partial charge in [-0.05, 0) is 32.4 Å². The van der Waals surface area contributed by atoms with E-state index in [0.717, 1.165) is 37.4 Å². The van der Waals surface area contributed by atoms with Gasteiger partial charge >= 0.3 is 0 Å². The molecule has 4 nitrogen and oxygen atoms in total. The maximum atomic E-state index is 12.6. The average molecular weight is 275 g/mol. The molecule has 1 atom stereocenters. The van der Waals surface area contributed by atoms with Crippen molar-refractivity contribution in [3.05, 3.63) is 29.3 Å². The fourth-order valence-corrected chi connectivity index (χ4v) is 2.81. The van der Waals surface area contributed by atoms with Crippen molar-refractivity contribution in [3.63, 3.8) is 0 Å². The monoisotopic (exact) mass is 275 g/mol. The first-order valence-electron chi connectivity index (χ1n) is 7.30. The number of piperazine rings is 1. The fraction of sp³-hybridized carbons (Fsp3) is 0.562. The van der Waals surface area contributed by atoms with Crippen molar-refractivity contribution in [2.75, 3.05) is 38.1 Å². The Morgan fingerprint density at radius 1 is 1.30 bits per heavy atom. The Morgan fingerprint density at radius 3 is 2.55 bits per heavy atom. The molecule has 0 saturated carbocycles. The van der Waals surface area contributed by atoms with Gasteiger partial charge in [0.25, 0.3) is 0 Å². The molecule has 2 rings (SSSR count). The van der Waals surface area contributed by atoms with Crippen LogP contribution in [0.4, 0.5) is 5.69 Å². The molecule has 1 aliphatic heterocycles. The van der Waals surface area contributed by atoms with E-state index in [1.807, 2.05) is 20.0 Å². The van der Waals surface area contributed by atoms with Gasteiger partial charge in [0.05, 0.1) is 6.04 Å². The molecule has 1 aliphatic rings. The number of hydrogen-bond acceptors (Lipinski definition) is 3. The lowest BCUT2D eigenvalue weighted by Gasteiger charge is -2.34. The summed E-state index contributed by atoms with van der Waals surface area (Å²) in [5.74, 6) is 0.166. The zero-order chi connectivity index (χ0) is 14.7. The van der Waals surface area contributed by atoms with E-state index < -0.39 is 0 Å². The maximum Gasteiger partial charge on any atom is 0.243 e. The van der Waals surface area contributed by atoms with Gasteiger partial charge in [-0.25, -0.2) is 0 Å². The molecule has 0 aromatic heterocycles. The largest absolute Gasteiger partial charge is 0.314 e. The van der Waals surface area contributed by atoms with E-state index in [-0.39, 0.29) is 11.9 Å². The predicted octanol–water partition coefficient (Wildman–Crippen LogP) is 1.56. The van der Waals surface area contributed by atoms with Crippen LogP contribution in [0.5, 0.6) is 0 Å². The number of rotatable bonds is 3. The molecule has 1 aromatic rings. The molecule has 1 aromatic carbocycles. The number of aryl methyl sites for hydroxylation is 2. The van der Waals surface area contributed by atoms with Gasteiger partial charge in [0.15, 0.2) is 0 Å². The van der Waals surface area contributed by atoms with Crippen LogP contribution in [0.15, 0.2) is 18.2 Å². The van der Waals surface area contributed by atoms with E-state index in [1.54, 1.807) is 4.90 Å². The Labute approximate surface area is 121 Å². The van der Waals surface area contributed by atoms with Gasteiger partial charge in [-0.2, -0.15) is 0 Å². The van der Waals surface area contributed by atoms with Gasteiger partial charge in [-0.3, -0.25) is 9.69 Å². The van der Waals surface area contributed by atoms with Crippen LogP contribution in [0.2, 0.25) is 0 Å². The normalized spacial score (nSPS) is 17.8. The molecule has 1 heterocycles. The number of nitrogens with one attached hydrogen (secondary N) is 1. The number of likely N-dealkylation sites (N-methyl/N-ethyl adjacent to an activating group) is 1. The third-order valence-corrected chi connectivity index (χ3v) is 4.10. The van der Waals surface area contributed by atoms with Crippen molar-refractivity contribution in [2.45, 2.75) is 26.8 Å². The third-order valence-electron chi connectivity index (χ3n) is 4.10. The van der Waals surface area contributed by atoms with Crippen LogP contribution in [-0.2, 0) is 4.79 Å². The molecule has 4 heteroatoms. The standard InChI is InChI=1S/C16H25N3O/c1-12-5-6-15(13(2)11-12)18(4)16(20)14(3)19-9-7-17-8-10-19/h5-6,11,14,17H,7-10H2,1-4H3. The first kappa shape index (κ1) is 15.0. The SMILES string of the molecule is Cc1ccc(N(C)C(=O)C(C)N2CCNCC2)c(C)c1. The Hall–Kier alpha value is -1.39. The van der Waals surface area contributed by atoms with E-state index >= 15 is 0 Å². The summed E-state index contributed by atoms with van der Waals surface area (Å²) in [6.07, 6.45) is 0. The van der Waals surface area contributed by atoms with Crippen LogP contribution in [0.3, 0.4) is 0 Å². The fourth-order valence-electron chi connectivity index (χ4n) is 2.81. The number of anilines is 1. The second-order valence-electron chi connectivity index (χ2n) is 5.65. The highest BCUT2D eigenvalue weighted by Crippen LogP contribution is 2.21. The van der Waals surface area contributed by atoms with Crippen molar-refractivity contribution in [3.8, 4) is 0 Å². The summed E-state index contributed by atoms with van der Waals surface area (Å²) in [4.78, 5) is 16.7. The lowest BCUT2D eigenvalue weighted by atomic mass is 10.1. The molecular formula is C16H25N3O. The van der Waals surface area contributed by atoms with Crippen molar-refractivity contribution in [2.24, 2.45) is 0 Å². The topological polar surface area (TPSA) is 35.6 Å². The van der Waals surface area contributed by atoms with Gasteiger partial charge < -0.3 is 10.2 Å². The number of nitrogens with zero attached hydrogens (tertiary/aromatic N) is 2. The lowest BCUT2D eigenvalue weighted by molar-refractivity contribution is -0.123. The zero-order valence-corrected chi connectivity index (χ0v) is 12.9. The first-order valence-corrected chi connectivity index (χ1v) is 7.30. The molecule has 1 amide bonds. The number of carbonyl (C=O) groups excluding carboxylic acids is 1. The number of hydrogen-bond donors (Lipinski definition) is 1. The molecule has 110 valence electrons. The molecule has 1 fully saturated rings. The molecule has 0 radical (unpaired) electrons. The van der Waals surface area contributed by atoms with Crippen LogP contribution >= 0.6 is 0 Å². The van der Waals surface area contributed by atoms with Crippen molar-refractivity contribution < 1.29 is 4.79 Å². The van der Waals surface area contributed by atoms with Crippen LogP contribution in [0.25, 0.3) is 0 Å². The highest BCUT2D eigenvalue weighted by molar-refractivity contribution is 5.97. The number of benzene rings is 1. The van der Waals surface area contributed by atoms with E-state index in [0.29, 0.717) is 0 Å². The Bertz CT molecular complexity index is 481. The van der Waals surface area contributed by atoms with Crippen LogP contribution < -0.4 is 10.2 Å². The second-order valence-corrected chi connectivity index (χ2v) is 5.65. The summed E-state index contributed by atoms with van der Waals surface area (Å²) in [7, 11) is 1.87. The molecule has 1 unspecified atom stereocenters. The quantitative estimate of drug-likeness (QED) is 0.909.